The maximum Gasteiger partial charge on any atom is 0.127 e. The number of rotatable bonds is 4. The zero-order valence-corrected chi connectivity index (χ0v) is 11.2. The summed E-state index contributed by atoms with van der Waals surface area (Å²) in [4.78, 5) is 0. The molecule has 0 amide bonds. The van der Waals surface area contributed by atoms with E-state index in [0.717, 1.165) is 0 Å². The summed E-state index contributed by atoms with van der Waals surface area (Å²) in [5, 5.41) is 21.9. The lowest BCUT2D eigenvalue weighted by Gasteiger charge is -2.38. The average molecular weight is 250 g/mol. The Bertz CT molecular complexity index is 470. The minimum Gasteiger partial charge on any atom is -0.389 e. The number of nitrogens with one attached hydrogen (secondary N) is 1. The topological polar surface area (TPSA) is 56.0 Å². The van der Waals surface area contributed by atoms with E-state index in [9.17, 15) is 9.50 Å². The van der Waals surface area contributed by atoms with Crippen LogP contribution in [-0.4, -0.2) is 16.2 Å². The molecule has 2 N–H and O–H groups in total. The molecule has 3 nitrogen and oxygen atoms in total. The summed E-state index contributed by atoms with van der Waals surface area (Å²) < 4.78 is 13.6. The highest BCUT2D eigenvalue weighted by molar-refractivity contribution is 5.33. The van der Waals surface area contributed by atoms with E-state index < -0.39 is 11.1 Å². The molecule has 1 rings (SSSR count). The van der Waals surface area contributed by atoms with Gasteiger partial charge in [-0.05, 0) is 45.9 Å². The molecule has 0 saturated carbocycles. The van der Waals surface area contributed by atoms with Crippen LogP contribution in [0, 0.1) is 17.1 Å². The number of benzene rings is 1. The number of hydrogen-bond donors (Lipinski definition) is 2. The van der Waals surface area contributed by atoms with Crippen LogP contribution in [-0.2, 0) is 6.54 Å². The Morgan fingerprint density at radius 3 is 2.44 bits per heavy atom. The van der Waals surface area contributed by atoms with E-state index in [4.69, 9.17) is 5.26 Å². The smallest absolute Gasteiger partial charge is 0.127 e. The molecule has 0 aliphatic carbocycles. The maximum atomic E-state index is 13.6. The SMILES string of the molecule is CC(C)(O)C(C)(C)NCc1cc(C#N)ccc1F. The first kappa shape index (κ1) is 14.6. The Hall–Kier alpha value is -1.44. The van der Waals surface area contributed by atoms with Crippen LogP contribution in [0.2, 0.25) is 0 Å². The molecule has 0 bridgehead atoms. The highest BCUT2D eigenvalue weighted by Crippen LogP contribution is 2.21. The second-order valence-corrected chi connectivity index (χ2v) is 5.46. The Balaban J connectivity index is 2.84. The van der Waals surface area contributed by atoms with Crippen molar-refractivity contribution in [3.05, 3.63) is 35.1 Å². The molecule has 0 heterocycles. The molecular weight excluding hydrogens is 231 g/mol. The molecule has 0 aliphatic heterocycles. The minimum atomic E-state index is -0.934. The molecule has 0 saturated heterocycles. The number of nitrogens with zero attached hydrogens (tertiary/aromatic N) is 1. The predicted octanol–water partition coefficient (Wildman–Crippen LogP) is 2.34. The summed E-state index contributed by atoms with van der Waals surface area (Å²) in [7, 11) is 0. The highest BCUT2D eigenvalue weighted by Gasteiger charge is 2.34. The van der Waals surface area contributed by atoms with Crippen LogP contribution in [0.15, 0.2) is 18.2 Å². The Labute approximate surface area is 107 Å². The first-order valence-corrected chi connectivity index (χ1v) is 5.83. The van der Waals surface area contributed by atoms with Gasteiger partial charge in [-0.25, -0.2) is 4.39 Å². The second kappa shape index (κ2) is 5.05. The Morgan fingerprint density at radius 1 is 1.33 bits per heavy atom. The number of nitriles is 1. The molecule has 1 aromatic carbocycles. The monoisotopic (exact) mass is 250 g/mol. The Kier molecular flexibility index (Phi) is 4.10. The molecule has 0 unspecified atom stereocenters. The molecule has 0 aromatic heterocycles. The maximum absolute atomic E-state index is 13.6. The van der Waals surface area contributed by atoms with Gasteiger partial charge in [0.2, 0.25) is 0 Å². The number of hydrogen-bond acceptors (Lipinski definition) is 3. The van der Waals surface area contributed by atoms with Crippen molar-refractivity contribution >= 4 is 0 Å². The molecule has 1 aromatic rings. The van der Waals surface area contributed by atoms with Gasteiger partial charge in [0.1, 0.15) is 5.82 Å². The zero-order chi connectivity index (χ0) is 14.0. The van der Waals surface area contributed by atoms with E-state index in [1.807, 2.05) is 19.9 Å². The molecule has 98 valence electrons. The van der Waals surface area contributed by atoms with E-state index >= 15 is 0 Å². The van der Waals surface area contributed by atoms with E-state index in [1.54, 1.807) is 13.8 Å². The largest absolute Gasteiger partial charge is 0.389 e. The minimum absolute atomic E-state index is 0.262. The molecule has 0 spiro atoms. The van der Waals surface area contributed by atoms with Gasteiger partial charge in [0.15, 0.2) is 0 Å². The fraction of sp³-hybridized carbons (Fsp3) is 0.500. The van der Waals surface area contributed by atoms with Crippen molar-refractivity contribution < 1.29 is 9.50 Å². The van der Waals surface area contributed by atoms with Crippen molar-refractivity contribution in [3.8, 4) is 6.07 Å². The lowest BCUT2D eigenvalue weighted by atomic mass is 9.86. The van der Waals surface area contributed by atoms with Gasteiger partial charge in [-0.15, -0.1) is 0 Å². The highest BCUT2D eigenvalue weighted by atomic mass is 19.1. The van der Waals surface area contributed by atoms with Crippen LogP contribution in [0.25, 0.3) is 0 Å². The van der Waals surface area contributed by atoms with E-state index in [-0.39, 0.29) is 12.4 Å². The summed E-state index contributed by atoms with van der Waals surface area (Å²) in [6, 6.07) is 6.22. The molecule has 18 heavy (non-hydrogen) atoms. The van der Waals surface area contributed by atoms with Crippen LogP contribution in [0.4, 0.5) is 4.39 Å². The fourth-order valence-corrected chi connectivity index (χ4v) is 1.31. The van der Waals surface area contributed by atoms with Gasteiger partial charge >= 0.3 is 0 Å². The van der Waals surface area contributed by atoms with Crippen LogP contribution in [0.5, 0.6) is 0 Å². The van der Waals surface area contributed by atoms with Crippen molar-refractivity contribution in [2.45, 2.75) is 45.4 Å². The van der Waals surface area contributed by atoms with Crippen molar-refractivity contribution in [1.29, 1.82) is 5.26 Å². The molecular formula is C14H19FN2O. The quantitative estimate of drug-likeness (QED) is 0.862. The lowest BCUT2D eigenvalue weighted by Crippen LogP contribution is -2.55. The molecule has 0 radical (unpaired) electrons. The van der Waals surface area contributed by atoms with Gasteiger partial charge in [0.05, 0.1) is 17.2 Å². The van der Waals surface area contributed by atoms with Gasteiger partial charge in [-0.2, -0.15) is 5.26 Å². The zero-order valence-electron chi connectivity index (χ0n) is 11.2. The van der Waals surface area contributed by atoms with Crippen molar-refractivity contribution in [3.63, 3.8) is 0 Å². The standard InChI is InChI=1S/C14H19FN2O/c1-13(2,14(3,4)18)17-9-11-7-10(8-16)5-6-12(11)15/h5-7,17-18H,9H2,1-4H3. The summed E-state index contributed by atoms with van der Waals surface area (Å²) in [6.45, 7) is 7.35. The Morgan fingerprint density at radius 2 is 1.94 bits per heavy atom. The second-order valence-electron chi connectivity index (χ2n) is 5.46. The van der Waals surface area contributed by atoms with Crippen LogP contribution in [0.1, 0.15) is 38.8 Å². The molecule has 0 atom stereocenters. The van der Waals surface area contributed by atoms with Crippen LogP contribution >= 0.6 is 0 Å². The van der Waals surface area contributed by atoms with Crippen molar-refractivity contribution in [2.24, 2.45) is 0 Å². The third kappa shape index (κ3) is 3.28. The summed E-state index contributed by atoms with van der Waals surface area (Å²) in [5.74, 6) is -0.354. The lowest BCUT2D eigenvalue weighted by molar-refractivity contribution is -0.00543. The first-order valence-electron chi connectivity index (χ1n) is 5.83. The molecule has 4 heteroatoms. The van der Waals surface area contributed by atoms with E-state index in [1.165, 1.54) is 18.2 Å². The van der Waals surface area contributed by atoms with Crippen molar-refractivity contribution in [1.82, 2.24) is 5.32 Å². The predicted molar refractivity (Wildman–Crippen MR) is 68.3 cm³/mol. The van der Waals surface area contributed by atoms with Gasteiger partial charge in [-0.3, -0.25) is 0 Å². The number of halogens is 1. The summed E-state index contributed by atoms with van der Waals surface area (Å²) in [6.07, 6.45) is 0. The first-order chi connectivity index (χ1) is 8.17. The van der Waals surface area contributed by atoms with Gasteiger partial charge in [0.25, 0.3) is 0 Å². The van der Waals surface area contributed by atoms with E-state index in [2.05, 4.69) is 5.32 Å². The van der Waals surface area contributed by atoms with Crippen molar-refractivity contribution in [2.75, 3.05) is 0 Å². The van der Waals surface area contributed by atoms with Gasteiger partial charge in [-0.1, -0.05) is 0 Å². The van der Waals surface area contributed by atoms with Gasteiger partial charge < -0.3 is 10.4 Å². The fourth-order valence-electron chi connectivity index (χ4n) is 1.31. The summed E-state index contributed by atoms with van der Waals surface area (Å²) in [5.41, 5.74) is -0.654. The third-order valence-corrected chi connectivity index (χ3v) is 3.43. The normalized spacial score (nSPS) is 12.3. The third-order valence-electron chi connectivity index (χ3n) is 3.43. The molecule has 0 aliphatic rings. The number of aliphatic hydroxyl groups is 1. The van der Waals surface area contributed by atoms with Crippen LogP contribution < -0.4 is 5.32 Å². The molecule has 0 fully saturated rings. The van der Waals surface area contributed by atoms with Crippen LogP contribution in [0.3, 0.4) is 0 Å². The van der Waals surface area contributed by atoms with Gasteiger partial charge in [0, 0.05) is 17.6 Å². The average Bonchev–Trinajstić information content (AvgIpc) is 2.26. The summed E-state index contributed by atoms with van der Waals surface area (Å²) >= 11 is 0. The van der Waals surface area contributed by atoms with E-state index in [0.29, 0.717) is 11.1 Å².